The number of Topliss-reactive ketones (excluding diaryl/α,β-unsaturated/α-hetero) is 1. The fourth-order valence-corrected chi connectivity index (χ4v) is 9.22. The number of allylic oxidation sites excluding steroid dienone is 11. The Morgan fingerprint density at radius 2 is 1.43 bits per heavy atom. The van der Waals surface area contributed by atoms with E-state index in [-0.39, 0.29) is 6.23 Å². The fraction of sp³-hybridized carbons (Fsp3) is 0.750. The number of aliphatic hydroxyl groups is 2. The fourth-order valence-electron chi connectivity index (χ4n) is 8.74. The van der Waals surface area contributed by atoms with Crippen LogP contribution in [-0.2, 0) is 9.74 Å². The number of aliphatic hydroxyl groups excluding tert-OH is 2. The van der Waals surface area contributed by atoms with Crippen LogP contribution in [0.25, 0.3) is 0 Å². The lowest BCUT2D eigenvalue weighted by Crippen LogP contribution is -2.50. The Bertz CT molecular complexity index is 1250. The predicted molar refractivity (Wildman–Crippen MR) is 303 cm³/mol. The van der Waals surface area contributed by atoms with Gasteiger partial charge in [0.25, 0.3) is 0 Å². The zero-order valence-electron chi connectivity index (χ0n) is 47.1. The number of thiol groups is 1. The first-order chi connectivity index (χ1) is 32.3. The van der Waals surface area contributed by atoms with Crippen molar-refractivity contribution < 1.29 is 24.5 Å². The molecule has 3 fully saturated rings. The number of piperidine rings is 1. The second kappa shape index (κ2) is 53.3. The van der Waals surface area contributed by atoms with Gasteiger partial charge in [0.05, 0.1) is 0 Å². The maximum Gasteiger partial charge on any atom is 0.151 e. The molecule has 0 bridgehead atoms. The summed E-state index contributed by atoms with van der Waals surface area (Å²) in [6.07, 6.45) is 37.4. The van der Waals surface area contributed by atoms with Gasteiger partial charge in [-0.1, -0.05) is 187 Å². The third-order valence-corrected chi connectivity index (χ3v) is 13.9. The molecular formula is C60H114FNO4S. The number of carbonyl (C=O) groups excluding carboxylic acids is 1. The summed E-state index contributed by atoms with van der Waals surface area (Å²) in [5.41, 5.74) is 4.06. The van der Waals surface area contributed by atoms with Crippen molar-refractivity contribution in [1.29, 1.82) is 0 Å². The summed E-state index contributed by atoms with van der Waals surface area (Å²) in [7, 11) is 2.00. The number of hydrogen-bond donors (Lipinski definition) is 3. The zero-order valence-corrected chi connectivity index (χ0v) is 48.0. The van der Waals surface area contributed by atoms with Gasteiger partial charge in [-0.05, 0) is 144 Å². The van der Waals surface area contributed by atoms with Crippen LogP contribution >= 0.6 is 12.6 Å². The number of nitrogens with zero attached hydrogens (tertiary/aromatic N) is 1. The molecule has 0 aromatic rings. The smallest absolute Gasteiger partial charge is 0.151 e. The number of ketones is 1. The standard InChI is InChI=1S/C36H60OS.C12H22FNO.C4H6.3C2H6.2CH4O/c1-9-27(3)16-14-12-11-13-15-17-29(5)31(7)25-32(8)30(6)19-22-35(37)21-18-28(4)24-33-20-23-36(38)34(10-2)26-33;1-10-6-2-3-7-11(10)14-9-5-4-8-12(14)15-13;1-3-4-2;5*1-2/h11-14,16,19,28-29,32-34,36,38H,7,9-10,15,17-18,20-26H2,1-6,8H3;10-12H,2-9H2,1H3;3-4H,1-2H2;3*1-2H3;2*2H,1H3/b13-11+,14-12+,27-16+,30-19+;;;;;;;. The third kappa shape index (κ3) is 38.4. The second-order valence-corrected chi connectivity index (χ2v) is 18.6. The topological polar surface area (TPSA) is 70.0 Å². The van der Waals surface area contributed by atoms with Crippen LogP contribution in [0.15, 0.2) is 85.1 Å². The maximum absolute atomic E-state index is 12.6. The van der Waals surface area contributed by atoms with Crippen LogP contribution in [0, 0.1) is 35.5 Å². The molecule has 0 radical (unpaired) electrons. The van der Waals surface area contributed by atoms with Gasteiger partial charge in [-0.3, -0.25) is 9.69 Å². The molecule has 0 aromatic carbocycles. The first-order valence-corrected chi connectivity index (χ1v) is 27.5. The Morgan fingerprint density at radius 3 is 1.99 bits per heavy atom. The number of rotatable bonds is 21. The van der Waals surface area contributed by atoms with Crippen LogP contribution in [0.4, 0.5) is 4.53 Å². The highest BCUT2D eigenvalue weighted by atomic mass is 32.1. The first-order valence-electron chi connectivity index (χ1n) is 27.0. The summed E-state index contributed by atoms with van der Waals surface area (Å²) in [5, 5.41) is 14.6. The molecule has 0 amide bonds. The van der Waals surface area contributed by atoms with Gasteiger partial charge in [-0.15, -0.1) is 0 Å². The molecule has 67 heavy (non-hydrogen) atoms. The molecule has 3 rings (SSSR count). The monoisotopic (exact) mass is 964 g/mol. The molecule has 0 spiro atoms. The van der Waals surface area contributed by atoms with Gasteiger partial charge in [0.15, 0.2) is 6.23 Å². The molecule has 1 saturated heterocycles. The number of halogens is 1. The van der Waals surface area contributed by atoms with Crippen molar-refractivity contribution in [2.75, 3.05) is 20.8 Å². The molecular weight excluding hydrogens is 850 g/mol. The van der Waals surface area contributed by atoms with E-state index in [1.807, 2.05) is 41.5 Å². The summed E-state index contributed by atoms with van der Waals surface area (Å²) in [6, 6.07) is 0.555. The van der Waals surface area contributed by atoms with E-state index in [0.717, 1.165) is 84.0 Å². The highest BCUT2D eigenvalue weighted by molar-refractivity contribution is 7.81. The van der Waals surface area contributed by atoms with Crippen LogP contribution in [0.1, 0.15) is 219 Å². The molecule has 0 aromatic heterocycles. The van der Waals surface area contributed by atoms with Crippen molar-refractivity contribution in [3.8, 4) is 0 Å². The Balaban J connectivity index is -0.000000360. The molecule has 2 aliphatic carbocycles. The van der Waals surface area contributed by atoms with Crippen LogP contribution in [0.5, 0.6) is 0 Å². The molecule has 396 valence electrons. The number of likely N-dealkylation sites (tertiary alicyclic amines) is 1. The van der Waals surface area contributed by atoms with E-state index in [1.165, 1.54) is 80.9 Å². The average molecular weight is 965 g/mol. The molecule has 9 atom stereocenters. The first kappa shape index (κ1) is 73.9. The molecule has 5 nitrogen and oxygen atoms in total. The second-order valence-electron chi connectivity index (χ2n) is 18.0. The lowest BCUT2D eigenvalue weighted by Gasteiger charge is -2.43. The molecule has 7 heteroatoms. The van der Waals surface area contributed by atoms with Crippen molar-refractivity contribution >= 4 is 18.4 Å². The van der Waals surface area contributed by atoms with Crippen LogP contribution in [-0.4, -0.2) is 59.2 Å². The Kier molecular flexibility index (Phi) is 58.8. The Labute approximate surface area is 423 Å². The van der Waals surface area contributed by atoms with Crippen molar-refractivity contribution in [2.45, 2.75) is 236 Å². The van der Waals surface area contributed by atoms with Crippen LogP contribution in [0.2, 0.25) is 0 Å². The molecule has 1 aliphatic heterocycles. The predicted octanol–water partition coefficient (Wildman–Crippen LogP) is 18.2. The normalized spacial score (nSPS) is 22.9. The quantitative estimate of drug-likeness (QED) is 0.0607. The maximum atomic E-state index is 12.6. The van der Waals surface area contributed by atoms with Crippen molar-refractivity contribution in [1.82, 2.24) is 4.90 Å². The van der Waals surface area contributed by atoms with E-state index >= 15 is 0 Å². The third-order valence-electron chi connectivity index (χ3n) is 13.2. The molecule has 3 aliphatic rings. The molecule has 2 saturated carbocycles. The van der Waals surface area contributed by atoms with Crippen LogP contribution < -0.4 is 0 Å². The number of carbonyl (C=O) groups is 1. The van der Waals surface area contributed by atoms with E-state index < -0.39 is 0 Å². The summed E-state index contributed by atoms with van der Waals surface area (Å²) >= 11 is 4.79. The van der Waals surface area contributed by atoms with E-state index in [9.17, 15) is 9.32 Å². The minimum Gasteiger partial charge on any atom is -0.400 e. The zero-order chi connectivity index (χ0) is 52.6. The van der Waals surface area contributed by atoms with Gasteiger partial charge in [0.1, 0.15) is 5.78 Å². The largest absolute Gasteiger partial charge is 0.400 e. The lowest BCUT2D eigenvalue weighted by atomic mass is 9.76. The Morgan fingerprint density at radius 1 is 0.836 bits per heavy atom. The van der Waals surface area contributed by atoms with E-state index in [2.05, 4.69) is 121 Å². The summed E-state index contributed by atoms with van der Waals surface area (Å²) < 4.78 is 12.5. The van der Waals surface area contributed by atoms with Gasteiger partial charge in [-0.2, -0.15) is 17.6 Å². The highest BCUT2D eigenvalue weighted by Gasteiger charge is 2.34. The van der Waals surface area contributed by atoms with Gasteiger partial charge in [0.2, 0.25) is 0 Å². The summed E-state index contributed by atoms with van der Waals surface area (Å²) in [6.45, 7) is 42.2. The molecule has 2 N–H and O–H groups in total. The van der Waals surface area contributed by atoms with E-state index in [0.29, 0.717) is 47.2 Å². The van der Waals surface area contributed by atoms with Crippen molar-refractivity contribution in [3.05, 3.63) is 85.1 Å². The average Bonchev–Trinajstić information content (AvgIpc) is 3.38. The van der Waals surface area contributed by atoms with Gasteiger partial charge in [0, 0.05) is 44.9 Å². The van der Waals surface area contributed by atoms with Gasteiger partial charge in [-0.25, -0.2) is 0 Å². The van der Waals surface area contributed by atoms with Crippen LogP contribution in [0.3, 0.4) is 0 Å². The summed E-state index contributed by atoms with van der Waals surface area (Å²) in [5.74, 6) is 4.30. The SMILES string of the molecule is C=C(CC(C)/C(C)=C/CC(=O)CCC(C)CC1CCC(S)C(CC)C1)C(C)CC/C=C/C=C/C=C(\C)CC.C=CC=C.CC.CC.CC.CC1CCCCC1N1CCCCC1OF.CO.CO. The number of hydrogen-bond acceptors (Lipinski definition) is 6. The van der Waals surface area contributed by atoms with Crippen molar-refractivity contribution in [3.63, 3.8) is 0 Å². The minimum absolute atomic E-state index is 0.260. The molecule has 1 heterocycles. The van der Waals surface area contributed by atoms with Crippen molar-refractivity contribution in [2.24, 2.45) is 35.5 Å². The highest BCUT2D eigenvalue weighted by Crippen LogP contribution is 2.38. The van der Waals surface area contributed by atoms with E-state index in [4.69, 9.17) is 22.8 Å². The minimum atomic E-state index is -0.260. The van der Waals surface area contributed by atoms with Gasteiger partial charge < -0.3 is 10.2 Å². The van der Waals surface area contributed by atoms with E-state index in [1.54, 1.807) is 12.2 Å². The van der Waals surface area contributed by atoms with Gasteiger partial charge >= 0.3 is 0 Å². The lowest BCUT2D eigenvalue weighted by molar-refractivity contribution is -0.249. The molecule has 9 unspecified atom stereocenters. The summed E-state index contributed by atoms with van der Waals surface area (Å²) in [4.78, 5) is 19.0. The Hall–Kier alpha value is -2.03.